The van der Waals surface area contributed by atoms with E-state index in [2.05, 4.69) is 48.6 Å². The maximum Gasteiger partial charge on any atom is 0.222 e. The van der Waals surface area contributed by atoms with E-state index in [-0.39, 0.29) is 0 Å². The zero-order valence-corrected chi connectivity index (χ0v) is 15.4. The maximum atomic E-state index is 11.9. The average molecular weight is 320 g/mol. The lowest BCUT2D eigenvalue weighted by molar-refractivity contribution is -0.136. The second-order valence-electron chi connectivity index (χ2n) is 7.31. The van der Waals surface area contributed by atoms with Gasteiger partial charge in [-0.2, -0.15) is 5.10 Å². The number of rotatable bonds is 7. The van der Waals surface area contributed by atoms with Crippen LogP contribution in [0, 0.1) is 19.8 Å². The molecule has 0 radical (unpaired) electrons. The van der Waals surface area contributed by atoms with E-state index in [9.17, 15) is 4.79 Å². The number of aromatic nitrogens is 2. The van der Waals surface area contributed by atoms with Crippen LogP contribution in [0.15, 0.2) is 6.07 Å². The molecule has 0 aliphatic carbocycles. The zero-order chi connectivity index (χ0) is 17.0. The summed E-state index contributed by atoms with van der Waals surface area (Å²) < 4.78 is 2.10. The number of likely N-dealkylation sites (tertiary alicyclic amines) is 1. The Labute approximate surface area is 140 Å². The largest absolute Gasteiger partial charge is 0.340 e. The first-order valence-corrected chi connectivity index (χ1v) is 8.86. The van der Waals surface area contributed by atoms with Crippen molar-refractivity contribution in [1.82, 2.24) is 19.6 Å². The van der Waals surface area contributed by atoms with Gasteiger partial charge >= 0.3 is 0 Å². The Bertz CT molecular complexity index is 523. The van der Waals surface area contributed by atoms with Crippen molar-refractivity contribution in [3.8, 4) is 0 Å². The second-order valence-corrected chi connectivity index (χ2v) is 7.31. The normalized spacial score (nSPS) is 19.2. The molecule has 2 heterocycles. The van der Waals surface area contributed by atoms with Gasteiger partial charge in [-0.1, -0.05) is 0 Å². The van der Waals surface area contributed by atoms with Gasteiger partial charge in [0, 0.05) is 37.8 Å². The predicted octanol–water partition coefficient (Wildman–Crippen LogP) is 2.47. The highest BCUT2D eigenvalue weighted by Crippen LogP contribution is 2.20. The van der Waals surface area contributed by atoms with Gasteiger partial charge in [-0.15, -0.1) is 0 Å². The van der Waals surface area contributed by atoms with E-state index in [1.165, 1.54) is 5.69 Å². The molecule has 0 bridgehead atoms. The summed E-state index contributed by atoms with van der Waals surface area (Å²) in [5.74, 6) is 0.928. The van der Waals surface area contributed by atoms with Crippen LogP contribution in [-0.2, 0) is 11.3 Å². The van der Waals surface area contributed by atoms with Gasteiger partial charge in [0.15, 0.2) is 0 Å². The summed E-state index contributed by atoms with van der Waals surface area (Å²) in [5, 5.41) is 4.51. The lowest BCUT2D eigenvalue weighted by atomic mass is 9.96. The molecule has 1 unspecified atom stereocenters. The monoisotopic (exact) mass is 320 g/mol. The fraction of sp³-hybridized carbons (Fsp3) is 0.778. The number of aryl methyl sites for hydroxylation is 3. The zero-order valence-electron chi connectivity index (χ0n) is 15.4. The first-order chi connectivity index (χ1) is 10.9. The van der Waals surface area contributed by atoms with Gasteiger partial charge in [-0.05, 0) is 66.1 Å². The molecule has 130 valence electrons. The molecular weight excluding hydrogens is 288 g/mol. The van der Waals surface area contributed by atoms with Gasteiger partial charge in [-0.25, -0.2) is 0 Å². The third-order valence-corrected chi connectivity index (χ3v) is 4.75. The molecule has 0 N–H and O–H groups in total. The molecule has 1 amide bonds. The van der Waals surface area contributed by atoms with Crippen molar-refractivity contribution in [1.29, 1.82) is 0 Å². The number of hydrogen-bond acceptors (Lipinski definition) is 3. The van der Waals surface area contributed by atoms with Crippen LogP contribution < -0.4 is 0 Å². The smallest absolute Gasteiger partial charge is 0.222 e. The van der Waals surface area contributed by atoms with Crippen LogP contribution in [-0.4, -0.2) is 58.2 Å². The van der Waals surface area contributed by atoms with Crippen LogP contribution >= 0.6 is 0 Å². The molecule has 0 saturated carbocycles. The van der Waals surface area contributed by atoms with Crippen LogP contribution in [0.1, 0.15) is 44.5 Å². The van der Waals surface area contributed by atoms with E-state index in [1.54, 1.807) is 0 Å². The third kappa shape index (κ3) is 5.06. The minimum Gasteiger partial charge on any atom is -0.340 e. The highest BCUT2D eigenvalue weighted by molar-refractivity contribution is 5.77. The van der Waals surface area contributed by atoms with Crippen LogP contribution in [0.25, 0.3) is 0 Å². The molecule has 5 heteroatoms. The molecular formula is C18H32N4O. The molecule has 1 fully saturated rings. The van der Waals surface area contributed by atoms with E-state index in [0.717, 1.165) is 44.7 Å². The molecule has 2 rings (SSSR count). The standard InChI is InChI=1S/C18H32N4O/c1-14(2)21-13-17(7-8-18(21)23)12-20(5)9-6-10-22-16(4)11-15(3)19-22/h11,14,17H,6-10,12-13H2,1-5H3. The van der Waals surface area contributed by atoms with E-state index in [4.69, 9.17) is 0 Å². The number of carbonyl (C=O) groups is 1. The summed E-state index contributed by atoms with van der Waals surface area (Å²) in [6, 6.07) is 2.45. The number of amides is 1. The summed E-state index contributed by atoms with van der Waals surface area (Å²) in [6.45, 7) is 12.4. The number of piperidine rings is 1. The Morgan fingerprint density at radius 2 is 2.13 bits per heavy atom. The number of nitrogens with zero attached hydrogens (tertiary/aromatic N) is 4. The molecule has 1 saturated heterocycles. The molecule has 1 aromatic heterocycles. The van der Waals surface area contributed by atoms with Gasteiger partial charge in [-0.3, -0.25) is 9.48 Å². The Hall–Kier alpha value is -1.36. The first kappa shape index (κ1) is 18.0. The minimum absolute atomic E-state index is 0.321. The van der Waals surface area contributed by atoms with Crippen LogP contribution in [0.2, 0.25) is 0 Å². The highest BCUT2D eigenvalue weighted by Gasteiger charge is 2.27. The third-order valence-electron chi connectivity index (χ3n) is 4.75. The van der Waals surface area contributed by atoms with Crippen LogP contribution in [0.5, 0.6) is 0 Å². The lowest BCUT2D eigenvalue weighted by Gasteiger charge is -2.37. The number of carbonyl (C=O) groups excluding carboxylic acids is 1. The van der Waals surface area contributed by atoms with E-state index < -0.39 is 0 Å². The fourth-order valence-electron chi connectivity index (χ4n) is 3.51. The summed E-state index contributed by atoms with van der Waals surface area (Å²) in [6.07, 6.45) is 2.85. The SMILES string of the molecule is Cc1cc(C)n(CCCN(C)CC2CCC(=O)N(C(C)C)C2)n1. The van der Waals surface area contributed by atoms with E-state index in [1.807, 2.05) is 11.8 Å². The molecule has 1 atom stereocenters. The van der Waals surface area contributed by atoms with Crippen molar-refractivity contribution in [2.75, 3.05) is 26.7 Å². The van der Waals surface area contributed by atoms with Crippen molar-refractivity contribution in [3.63, 3.8) is 0 Å². The van der Waals surface area contributed by atoms with Gasteiger partial charge < -0.3 is 9.80 Å². The quantitative estimate of drug-likeness (QED) is 0.775. The topological polar surface area (TPSA) is 41.4 Å². The summed E-state index contributed by atoms with van der Waals surface area (Å²) >= 11 is 0. The number of hydrogen-bond donors (Lipinski definition) is 0. The van der Waals surface area contributed by atoms with Gasteiger partial charge in [0.1, 0.15) is 0 Å². The molecule has 1 aromatic rings. The minimum atomic E-state index is 0.321. The van der Waals surface area contributed by atoms with Gasteiger partial charge in [0.2, 0.25) is 5.91 Å². The second kappa shape index (κ2) is 7.95. The summed E-state index contributed by atoms with van der Waals surface area (Å²) in [4.78, 5) is 16.4. The van der Waals surface area contributed by atoms with Gasteiger partial charge in [0.25, 0.3) is 0 Å². The molecule has 23 heavy (non-hydrogen) atoms. The summed E-state index contributed by atoms with van der Waals surface area (Å²) in [7, 11) is 2.19. The van der Waals surface area contributed by atoms with Crippen molar-refractivity contribution in [3.05, 3.63) is 17.5 Å². The first-order valence-electron chi connectivity index (χ1n) is 8.86. The maximum absolute atomic E-state index is 11.9. The molecule has 1 aliphatic heterocycles. The highest BCUT2D eigenvalue weighted by atomic mass is 16.2. The Morgan fingerprint density at radius 3 is 2.74 bits per heavy atom. The molecule has 0 aromatic carbocycles. The van der Waals surface area contributed by atoms with Crippen molar-refractivity contribution in [2.24, 2.45) is 5.92 Å². The van der Waals surface area contributed by atoms with Crippen molar-refractivity contribution >= 4 is 5.91 Å². The van der Waals surface area contributed by atoms with E-state index in [0.29, 0.717) is 24.3 Å². The lowest BCUT2D eigenvalue weighted by Crippen LogP contribution is -2.46. The average Bonchev–Trinajstić information content (AvgIpc) is 2.79. The van der Waals surface area contributed by atoms with Crippen LogP contribution in [0.3, 0.4) is 0 Å². The fourth-order valence-corrected chi connectivity index (χ4v) is 3.51. The van der Waals surface area contributed by atoms with Crippen molar-refractivity contribution < 1.29 is 4.79 Å². The molecule has 0 spiro atoms. The molecule has 5 nitrogen and oxygen atoms in total. The summed E-state index contributed by atoms with van der Waals surface area (Å²) in [5.41, 5.74) is 2.33. The van der Waals surface area contributed by atoms with E-state index >= 15 is 0 Å². The Balaban J connectivity index is 1.73. The van der Waals surface area contributed by atoms with Gasteiger partial charge in [0.05, 0.1) is 5.69 Å². The van der Waals surface area contributed by atoms with Crippen LogP contribution in [0.4, 0.5) is 0 Å². The van der Waals surface area contributed by atoms with Crippen molar-refractivity contribution in [2.45, 2.75) is 59.5 Å². The Morgan fingerprint density at radius 1 is 1.39 bits per heavy atom. The molecule has 1 aliphatic rings. The predicted molar refractivity (Wildman–Crippen MR) is 93.4 cm³/mol. The Kier molecular flexibility index (Phi) is 6.22.